The molecule has 0 fully saturated rings. The smallest absolute Gasteiger partial charge is 0.0672 e. The van der Waals surface area contributed by atoms with Crippen LogP contribution in [-0.2, 0) is 6.42 Å². The summed E-state index contributed by atoms with van der Waals surface area (Å²) in [7, 11) is 0. The molecular weight excluding hydrogens is 254 g/mol. The van der Waals surface area contributed by atoms with Crippen molar-refractivity contribution in [3.05, 3.63) is 35.2 Å². The molecule has 1 unspecified atom stereocenters. The largest absolute Gasteiger partial charge is 0.390 e. The topological polar surface area (TPSA) is 32.3 Å². The van der Waals surface area contributed by atoms with Gasteiger partial charge in [-0.25, -0.2) is 0 Å². The van der Waals surface area contributed by atoms with Crippen molar-refractivity contribution in [1.82, 2.24) is 5.32 Å². The van der Waals surface area contributed by atoms with Gasteiger partial charge in [0.25, 0.3) is 0 Å². The summed E-state index contributed by atoms with van der Waals surface area (Å²) in [5.41, 5.74) is 0.612. The molecule has 1 aromatic carbocycles. The quantitative estimate of drug-likeness (QED) is 0.846. The van der Waals surface area contributed by atoms with Gasteiger partial charge in [-0.3, -0.25) is 0 Å². The second-order valence-electron chi connectivity index (χ2n) is 5.79. The first-order valence-corrected chi connectivity index (χ1v) is 7.77. The van der Waals surface area contributed by atoms with E-state index in [0.29, 0.717) is 6.04 Å². The zero-order valence-electron chi connectivity index (χ0n) is 11.9. The third kappa shape index (κ3) is 4.03. The van der Waals surface area contributed by atoms with Crippen LogP contribution in [0.15, 0.2) is 29.6 Å². The van der Waals surface area contributed by atoms with Crippen LogP contribution in [0.1, 0.15) is 32.8 Å². The van der Waals surface area contributed by atoms with Gasteiger partial charge in [-0.05, 0) is 42.3 Å². The predicted octanol–water partition coefficient (Wildman–Crippen LogP) is 3.58. The van der Waals surface area contributed by atoms with Crippen LogP contribution in [-0.4, -0.2) is 23.3 Å². The van der Waals surface area contributed by atoms with Gasteiger partial charge >= 0.3 is 0 Å². The molecule has 0 radical (unpaired) electrons. The lowest BCUT2D eigenvalue weighted by atomic mass is 9.93. The van der Waals surface area contributed by atoms with Gasteiger partial charge in [0.1, 0.15) is 0 Å². The molecule has 2 rings (SSSR count). The van der Waals surface area contributed by atoms with E-state index in [0.717, 1.165) is 19.4 Å². The Labute approximate surface area is 119 Å². The summed E-state index contributed by atoms with van der Waals surface area (Å²) >= 11 is 1.76. The van der Waals surface area contributed by atoms with Gasteiger partial charge in [0.15, 0.2) is 0 Å². The third-order valence-corrected chi connectivity index (χ3v) is 4.36. The minimum Gasteiger partial charge on any atom is -0.390 e. The maximum Gasteiger partial charge on any atom is 0.0672 e. The fraction of sp³-hybridized carbons (Fsp3) is 0.500. The number of aliphatic hydroxyl groups is 1. The molecule has 0 amide bonds. The van der Waals surface area contributed by atoms with E-state index in [1.807, 2.05) is 6.92 Å². The van der Waals surface area contributed by atoms with Gasteiger partial charge in [-0.15, -0.1) is 11.3 Å². The fourth-order valence-corrected chi connectivity index (χ4v) is 3.26. The van der Waals surface area contributed by atoms with E-state index in [9.17, 15) is 5.11 Å². The second-order valence-corrected chi connectivity index (χ2v) is 6.70. The molecule has 2 N–H and O–H groups in total. The van der Waals surface area contributed by atoms with E-state index in [4.69, 9.17) is 0 Å². The third-order valence-electron chi connectivity index (χ3n) is 3.35. The molecule has 3 heteroatoms. The van der Waals surface area contributed by atoms with E-state index in [2.05, 4.69) is 48.8 Å². The van der Waals surface area contributed by atoms with Crippen LogP contribution in [0.3, 0.4) is 0 Å². The van der Waals surface area contributed by atoms with Gasteiger partial charge in [0.05, 0.1) is 5.60 Å². The molecule has 0 aliphatic carbocycles. The van der Waals surface area contributed by atoms with Gasteiger partial charge in [0, 0.05) is 17.2 Å². The van der Waals surface area contributed by atoms with Gasteiger partial charge in [-0.2, -0.15) is 0 Å². The number of fused-ring (bicyclic) bond motifs is 1. The molecular formula is C16H23NOS. The van der Waals surface area contributed by atoms with Crippen molar-refractivity contribution < 1.29 is 5.11 Å². The van der Waals surface area contributed by atoms with E-state index in [-0.39, 0.29) is 0 Å². The van der Waals surface area contributed by atoms with Crippen molar-refractivity contribution in [2.45, 2.75) is 45.3 Å². The number of benzene rings is 1. The molecule has 2 aromatic rings. The Morgan fingerprint density at radius 1 is 1.32 bits per heavy atom. The van der Waals surface area contributed by atoms with Crippen molar-refractivity contribution in [2.24, 2.45) is 0 Å². The lowest BCUT2D eigenvalue weighted by Crippen LogP contribution is -2.34. The van der Waals surface area contributed by atoms with Crippen LogP contribution in [0.5, 0.6) is 0 Å². The molecule has 0 bridgehead atoms. The molecule has 19 heavy (non-hydrogen) atoms. The highest BCUT2D eigenvalue weighted by Gasteiger charge is 2.22. The maximum absolute atomic E-state index is 10.5. The van der Waals surface area contributed by atoms with Crippen LogP contribution in [0.2, 0.25) is 0 Å². The highest BCUT2D eigenvalue weighted by Crippen LogP contribution is 2.29. The Kier molecular flexibility index (Phi) is 4.61. The normalized spacial score (nSPS) is 15.0. The first-order chi connectivity index (χ1) is 8.98. The number of rotatable bonds is 6. The van der Waals surface area contributed by atoms with Crippen LogP contribution >= 0.6 is 11.3 Å². The lowest BCUT2D eigenvalue weighted by molar-refractivity contribution is 0.0515. The molecule has 0 aliphatic heterocycles. The molecule has 2 nitrogen and oxygen atoms in total. The summed E-state index contributed by atoms with van der Waals surface area (Å²) in [6.45, 7) is 7.04. The van der Waals surface area contributed by atoms with Crippen LogP contribution in [0.4, 0.5) is 0 Å². The van der Waals surface area contributed by atoms with Crippen LogP contribution in [0.25, 0.3) is 10.1 Å². The number of thiophene rings is 1. The number of hydrogen-bond donors (Lipinski definition) is 2. The van der Waals surface area contributed by atoms with Gasteiger partial charge in [-0.1, -0.05) is 32.0 Å². The standard InChI is InChI=1S/C16H23NOS/c1-12(2)17-9-8-16(3,18)10-13-11-19-15-7-5-4-6-14(13)15/h4-7,11-12,17-18H,8-10H2,1-3H3. The molecule has 0 saturated carbocycles. The highest BCUT2D eigenvalue weighted by molar-refractivity contribution is 7.17. The Morgan fingerprint density at radius 3 is 2.79 bits per heavy atom. The average molecular weight is 277 g/mol. The zero-order chi connectivity index (χ0) is 13.9. The molecule has 1 heterocycles. The Hall–Kier alpha value is -0.900. The van der Waals surface area contributed by atoms with Crippen molar-refractivity contribution >= 4 is 21.4 Å². The monoisotopic (exact) mass is 277 g/mol. The van der Waals surface area contributed by atoms with Gasteiger partial charge in [0.2, 0.25) is 0 Å². The summed E-state index contributed by atoms with van der Waals surface area (Å²) in [5.74, 6) is 0. The Morgan fingerprint density at radius 2 is 2.05 bits per heavy atom. The summed E-state index contributed by atoms with van der Waals surface area (Å²) in [4.78, 5) is 0. The summed E-state index contributed by atoms with van der Waals surface area (Å²) in [5, 5.41) is 17.3. The minimum absolute atomic E-state index is 0.470. The summed E-state index contributed by atoms with van der Waals surface area (Å²) in [6, 6.07) is 8.88. The van der Waals surface area contributed by atoms with Crippen LogP contribution < -0.4 is 5.32 Å². The molecule has 0 saturated heterocycles. The van der Waals surface area contributed by atoms with Gasteiger partial charge < -0.3 is 10.4 Å². The van der Waals surface area contributed by atoms with E-state index >= 15 is 0 Å². The maximum atomic E-state index is 10.5. The molecule has 1 atom stereocenters. The lowest BCUT2D eigenvalue weighted by Gasteiger charge is -2.24. The van der Waals surface area contributed by atoms with Crippen molar-refractivity contribution in [1.29, 1.82) is 0 Å². The minimum atomic E-state index is -0.647. The van der Waals surface area contributed by atoms with Crippen LogP contribution in [0, 0.1) is 0 Å². The summed E-state index contributed by atoms with van der Waals surface area (Å²) < 4.78 is 1.30. The van der Waals surface area contributed by atoms with E-state index in [1.54, 1.807) is 11.3 Å². The zero-order valence-corrected chi connectivity index (χ0v) is 12.8. The summed E-state index contributed by atoms with van der Waals surface area (Å²) in [6.07, 6.45) is 1.49. The van der Waals surface area contributed by atoms with E-state index in [1.165, 1.54) is 15.6 Å². The predicted molar refractivity (Wildman–Crippen MR) is 83.9 cm³/mol. The molecule has 1 aromatic heterocycles. The molecule has 0 aliphatic rings. The average Bonchev–Trinajstić information content (AvgIpc) is 2.71. The Bertz CT molecular complexity index is 530. The first-order valence-electron chi connectivity index (χ1n) is 6.89. The highest BCUT2D eigenvalue weighted by atomic mass is 32.1. The molecule has 0 spiro atoms. The SMILES string of the molecule is CC(C)NCCC(C)(O)Cc1csc2ccccc12. The number of hydrogen-bond acceptors (Lipinski definition) is 3. The first kappa shape index (κ1) is 14.5. The van der Waals surface area contributed by atoms with Crippen molar-refractivity contribution in [2.75, 3.05) is 6.54 Å². The number of nitrogens with one attached hydrogen (secondary N) is 1. The van der Waals surface area contributed by atoms with Crippen molar-refractivity contribution in [3.63, 3.8) is 0 Å². The second kappa shape index (κ2) is 6.04. The Balaban J connectivity index is 2.03. The van der Waals surface area contributed by atoms with Crippen molar-refractivity contribution in [3.8, 4) is 0 Å². The fourth-order valence-electron chi connectivity index (χ4n) is 2.30. The molecule has 104 valence electrons. The van der Waals surface area contributed by atoms with E-state index < -0.39 is 5.60 Å².